The Morgan fingerprint density at radius 2 is 1.86 bits per heavy atom. The molecule has 0 saturated heterocycles. The summed E-state index contributed by atoms with van der Waals surface area (Å²) in [5.41, 5.74) is 0.833. The van der Waals surface area contributed by atoms with Gasteiger partial charge in [-0.1, -0.05) is 19.1 Å². The molecule has 0 aliphatic carbocycles. The SMILES string of the molecule is CCCOc1ccccc1Oc1cc(F)cc(CNC)c1. The molecule has 0 aliphatic heterocycles. The lowest BCUT2D eigenvalue weighted by molar-refractivity contribution is 0.302. The van der Waals surface area contributed by atoms with Crippen molar-refractivity contribution in [2.24, 2.45) is 0 Å². The van der Waals surface area contributed by atoms with E-state index < -0.39 is 0 Å². The van der Waals surface area contributed by atoms with Crippen molar-refractivity contribution in [2.75, 3.05) is 13.7 Å². The third-order valence-electron chi connectivity index (χ3n) is 2.85. The predicted molar refractivity (Wildman–Crippen MR) is 81.5 cm³/mol. The summed E-state index contributed by atoms with van der Waals surface area (Å²) in [4.78, 5) is 0. The lowest BCUT2D eigenvalue weighted by atomic mass is 10.2. The number of ether oxygens (including phenoxy) is 2. The van der Waals surface area contributed by atoms with Gasteiger partial charge >= 0.3 is 0 Å². The molecule has 0 spiro atoms. The second-order valence-corrected chi connectivity index (χ2v) is 4.72. The quantitative estimate of drug-likeness (QED) is 0.831. The van der Waals surface area contributed by atoms with Crippen molar-refractivity contribution < 1.29 is 13.9 Å². The maximum atomic E-state index is 13.6. The number of hydrogen-bond donors (Lipinski definition) is 1. The lowest BCUT2D eigenvalue weighted by Gasteiger charge is -2.12. The Kier molecular flexibility index (Phi) is 5.58. The zero-order valence-electron chi connectivity index (χ0n) is 12.4. The number of benzene rings is 2. The minimum Gasteiger partial charge on any atom is -0.490 e. The van der Waals surface area contributed by atoms with Gasteiger partial charge in [-0.3, -0.25) is 0 Å². The molecule has 0 radical (unpaired) electrons. The van der Waals surface area contributed by atoms with Crippen LogP contribution in [0.15, 0.2) is 42.5 Å². The van der Waals surface area contributed by atoms with Crippen LogP contribution in [0.4, 0.5) is 4.39 Å². The normalized spacial score (nSPS) is 10.4. The first kappa shape index (κ1) is 15.3. The average molecular weight is 289 g/mol. The molecular weight excluding hydrogens is 269 g/mol. The third kappa shape index (κ3) is 4.46. The molecule has 2 aromatic rings. The minimum absolute atomic E-state index is 0.315. The first-order chi connectivity index (χ1) is 10.2. The van der Waals surface area contributed by atoms with E-state index in [4.69, 9.17) is 9.47 Å². The number of halogens is 1. The summed E-state index contributed by atoms with van der Waals surface area (Å²) in [6.45, 7) is 3.25. The summed E-state index contributed by atoms with van der Waals surface area (Å²) in [7, 11) is 1.82. The van der Waals surface area contributed by atoms with Gasteiger partial charge in [-0.2, -0.15) is 0 Å². The molecule has 0 saturated carbocycles. The fourth-order valence-corrected chi connectivity index (χ4v) is 1.98. The van der Waals surface area contributed by atoms with Crippen LogP contribution in [-0.4, -0.2) is 13.7 Å². The van der Waals surface area contributed by atoms with Crippen LogP contribution in [0.25, 0.3) is 0 Å². The number of rotatable bonds is 7. The topological polar surface area (TPSA) is 30.5 Å². The molecule has 2 aromatic carbocycles. The van der Waals surface area contributed by atoms with Crippen LogP contribution >= 0.6 is 0 Å². The largest absolute Gasteiger partial charge is 0.490 e. The van der Waals surface area contributed by atoms with E-state index in [1.54, 1.807) is 0 Å². The first-order valence-corrected chi connectivity index (χ1v) is 7.06. The number of nitrogens with one attached hydrogen (secondary N) is 1. The highest BCUT2D eigenvalue weighted by molar-refractivity contribution is 5.43. The van der Waals surface area contributed by atoms with E-state index in [1.165, 1.54) is 12.1 Å². The molecule has 0 aromatic heterocycles. The van der Waals surface area contributed by atoms with Crippen LogP contribution in [0.2, 0.25) is 0 Å². The monoisotopic (exact) mass is 289 g/mol. The number of para-hydroxylation sites is 2. The van der Waals surface area contributed by atoms with E-state index in [2.05, 4.69) is 5.32 Å². The Morgan fingerprint density at radius 1 is 1.10 bits per heavy atom. The van der Waals surface area contributed by atoms with E-state index >= 15 is 0 Å². The maximum Gasteiger partial charge on any atom is 0.169 e. The Labute approximate surface area is 124 Å². The molecule has 3 nitrogen and oxygen atoms in total. The van der Waals surface area contributed by atoms with Crippen LogP contribution in [0.1, 0.15) is 18.9 Å². The van der Waals surface area contributed by atoms with Crippen molar-refractivity contribution in [3.63, 3.8) is 0 Å². The third-order valence-corrected chi connectivity index (χ3v) is 2.85. The van der Waals surface area contributed by atoms with Gasteiger partial charge in [0, 0.05) is 12.6 Å². The molecule has 4 heteroatoms. The highest BCUT2D eigenvalue weighted by Crippen LogP contribution is 2.32. The molecule has 0 fully saturated rings. The Bertz CT molecular complexity index is 587. The van der Waals surface area contributed by atoms with Crippen molar-refractivity contribution >= 4 is 0 Å². The Morgan fingerprint density at radius 3 is 2.57 bits per heavy atom. The summed E-state index contributed by atoms with van der Waals surface area (Å²) < 4.78 is 25.0. The molecule has 0 amide bonds. The standard InChI is InChI=1S/C17H20FNO2/c1-3-8-20-16-6-4-5-7-17(16)21-15-10-13(12-19-2)9-14(18)11-15/h4-7,9-11,19H,3,8,12H2,1-2H3. The van der Waals surface area contributed by atoms with Gasteiger partial charge < -0.3 is 14.8 Å². The van der Waals surface area contributed by atoms with Crippen LogP contribution in [0.5, 0.6) is 17.2 Å². The van der Waals surface area contributed by atoms with Crippen molar-refractivity contribution in [1.82, 2.24) is 5.32 Å². The van der Waals surface area contributed by atoms with E-state index in [0.29, 0.717) is 30.4 Å². The second kappa shape index (κ2) is 7.64. The number of hydrogen-bond acceptors (Lipinski definition) is 3. The second-order valence-electron chi connectivity index (χ2n) is 4.72. The minimum atomic E-state index is -0.315. The fraction of sp³-hybridized carbons (Fsp3) is 0.294. The van der Waals surface area contributed by atoms with Gasteiger partial charge in [0.2, 0.25) is 0 Å². The zero-order valence-corrected chi connectivity index (χ0v) is 12.4. The lowest BCUT2D eigenvalue weighted by Crippen LogP contribution is -2.05. The van der Waals surface area contributed by atoms with E-state index in [0.717, 1.165) is 12.0 Å². The van der Waals surface area contributed by atoms with E-state index in [9.17, 15) is 4.39 Å². The maximum absolute atomic E-state index is 13.6. The van der Waals surface area contributed by atoms with Crippen LogP contribution in [0, 0.1) is 5.82 Å². The zero-order chi connectivity index (χ0) is 15.1. The molecule has 0 heterocycles. The summed E-state index contributed by atoms with van der Waals surface area (Å²) >= 11 is 0. The van der Waals surface area contributed by atoms with Crippen molar-refractivity contribution in [3.8, 4) is 17.2 Å². The van der Waals surface area contributed by atoms with Crippen molar-refractivity contribution in [3.05, 3.63) is 53.8 Å². The highest BCUT2D eigenvalue weighted by Gasteiger charge is 2.07. The van der Waals surface area contributed by atoms with Crippen LogP contribution < -0.4 is 14.8 Å². The smallest absolute Gasteiger partial charge is 0.169 e. The summed E-state index contributed by atoms with van der Waals surface area (Å²) in [6, 6.07) is 12.1. The van der Waals surface area contributed by atoms with Gasteiger partial charge in [-0.05, 0) is 43.3 Å². The molecule has 21 heavy (non-hydrogen) atoms. The van der Waals surface area contributed by atoms with Gasteiger partial charge in [-0.15, -0.1) is 0 Å². The van der Waals surface area contributed by atoms with Crippen LogP contribution in [-0.2, 0) is 6.54 Å². The summed E-state index contributed by atoms with van der Waals surface area (Å²) in [5, 5.41) is 2.99. The van der Waals surface area contributed by atoms with Crippen molar-refractivity contribution in [2.45, 2.75) is 19.9 Å². The molecule has 0 unspecified atom stereocenters. The fourth-order valence-electron chi connectivity index (χ4n) is 1.98. The van der Waals surface area contributed by atoms with Crippen LogP contribution in [0.3, 0.4) is 0 Å². The van der Waals surface area contributed by atoms with Gasteiger partial charge in [0.25, 0.3) is 0 Å². The van der Waals surface area contributed by atoms with E-state index in [-0.39, 0.29) is 5.82 Å². The first-order valence-electron chi connectivity index (χ1n) is 7.06. The molecule has 0 aliphatic rings. The average Bonchev–Trinajstić information content (AvgIpc) is 2.46. The van der Waals surface area contributed by atoms with Crippen molar-refractivity contribution in [1.29, 1.82) is 0 Å². The van der Waals surface area contributed by atoms with Gasteiger partial charge in [-0.25, -0.2) is 4.39 Å². The van der Waals surface area contributed by atoms with Gasteiger partial charge in [0.15, 0.2) is 11.5 Å². The summed E-state index contributed by atoms with van der Waals surface area (Å²) in [5.74, 6) is 1.41. The molecule has 0 bridgehead atoms. The molecule has 2 rings (SSSR count). The van der Waals surface area contributed by atoms with Gasteiger partial charge in [0.1, 0.15) is 11.6 Å². The molecule has 0 atom stereocenters. The van der Waals surface area contributed by atoms with Gasteiger partial charge in [0.05, 0.1) is 6.61 Å². The summed E-state index contributed by atoms with van der Waals surface area (Å²) in [6.07, 6.45) is 0.917. The Hall–Kier alpha value is -2.07. The Balaban J connectivity index is 2.21. The molecule has 112 valence electrons. The molecule has 1 N–H and O–H groups in total. The van der Waals surface area contributed by atoms with E-state index in [1.807, 2.05) is 44.3 Å². The molecular formula is C17H20FNO2. The predicted octanol–water partition coefficient (Wildman–Crippen LogP) is 4.13. The highest BCUT2D eigenvalue weighted by atomic mass is 19.1.